The lowest BCUT2D eigenvalue weighted by Gasteiger charge is -2.38. The van der Waals surface area contributed by atoms with E-state index < -0.39 is 5.82 Å². The lowest BCUT2D eigenvalue weighted by atomic mass is 10.1. The van der Waals surface area contributed by atoms with E-state index in [1.807, 2.05) is 13.8 Å². The van der Waals surface area contributed by atoms with Crippen LogP contribution in [0.2, 0.25) is 0 Å². The number of nitrogens with two attached hydrogens (primary N) is 1. The van der Waals surface area contributed by atoms with Crippen LogP contribution in [0.25, 0.3) is 0 Å². The molecule has 0 saturated carbocycles. The van der Waals surface area contributed by atoms with Crippen molar-refractivity contribution >= 4 is 11.6 Å². The molecule has 2 atom stereocenters. The number of nitrogen functional groups attached to an aromatic ring is 1. The van der Waals surface area contributed by atoms with Gasteiger partial charge in [0.2, 0.25) is 0 Å². The number of hydrogen-bond donors (Lipinski definition) is 1. The molecule has 2 unspecified atom stereocenters. The van der Waals surface area contributed by atoms with Crippen LogP contribution in [0.5, 0.6) is 0 Å². The van der Waals surface area contributed by atoms with Gasteiger partial charge in [0.15, 0.2) is 0 Å². The van der Waals surface area contributed by atoms with Gasteiger partial charge in [0.25, 0.3) is 5.91 Å². The van der Waals surface area contributed by atoms with Gasteiger partial charge in [-0.15, -0.1) is 0 Å². The lowest BCUT2D eigenvalue weighted by molar-refractivity contribution is -0.0444. The van der Waals surface area contributed by atoms with Crippen LogP contribution >= 0.6 is 0 Å². The maximum Gasteiger partial charge on any atom is 0.254 e. The Morgan fingerprint density at radius 3 is 2.89 bits per heavy atom. The number of carbonyl (C=O) groups excluding carboxylic acids is 1. The van der Waals surface area contributed by atoms with Gasteiger partial charge in [-0.25, -0.2) is 4.39 Å². The highest BCUT2D eigenvalue weighted by Crippen LogP contribution is 2.19. The Hall–Kier alpha value is -1.62. The zero-order valence-corrected chi connectivity index (χ0v) is 11.2. The Morgan fingerprint density at radius 2 is 2.26 bits per heavy atom. The van der Waals surface area contributed by atoms with Crippen LogP contribution < -0.4 is 5.73 Å². The van der Waals surface area contributed by atoms with Crippen LogP contribution in [0.4, 0.5) is 10.1 Å². The van der Waals surface area contributed by atoms with Crippen molar-refractivity contribution in [2.24, 2.45) is 0 Å². The van der Waals surface area contributed by atoms with Gasteiger partial charge in [-0.2, -0.15) is 0 Å². The molecule has 0 bridgehead atoms. The molecule has 0 radical (unpaired) electrons. The van der Waals surface area contributed by atoms with Gasteiger partial charge in [-0.05, 0) is 31.5 Å². The first-order chi connectivity index (χ1) is 9.01. The number of carbonyl (C=O) groups is 1. The summed E-state index contributed by atoms with van der Waals surface area (Å²) in [6.45, 7) is 4.97. The Labute approximate surface area is 112 Å². The molecule has 1 aliphatic rings. The molecule has 4 nitrogen and oxygen atoms in total. The zero-order chi connectivity index (χ0) is 14.0. The van der Waals surface area contributed by atoms with E-state index in [1.54, 1.807) is 4.90 Å². The average molecular weight is 266 g/mol. The van der Waals surface area contributed by atoms with Gasteiger partial charge in [-0.1, -0.05) is 6.92 Å². The SMILES string of the molecule is CCC1COC(C)CN1C(=O)c1cc(N)cc(F)c1. The smallest absolute Gasteiger partial charge is 0.254 e. The molecule has 104 valence electrons. The fourth-order valence-corrected chi connectivity index (χ4v) is 2.33. The summed E-state index contributed by atoms with van der Waals surface area (Å²) < 4.78 is 18.9. The summed E-state index contributed by atoms with van der Waals surface area (Å²) in [5.41, 5.74) is 6.14. The summed E-state index contributed by atoms with van der Waals surface area (Å²) in [5, 5.41) is 0. The van der Waals surface area contributed by atoms with Crippen molar-refractivity contribution in [1.29, 1.82) is 0 Å². The van der Waals surface area contributed by atoms with Crippen LogP contribution in [-0.2, 0) is 4.74 Å². The van der Waals surface area contributed by atoms with Gasteiger partial charge in [0.1, 0.15) is 5.82 Å². The Bertz CT molecular complexity index is 458. The molecule has 1 heterocycles. The summed E-state index contributed by atoms with van der Waals surface area (Å²) in [6, 6.07) is 3.98. The minimum absolute atomic E-state index is 0.00217. The molecular formula is C14H19FN2O2. The maximum absolute atomic E-state index is 13.3. The largest absolute Gasteiger partial charge is 0.399 e. The molecular weight excluding hydrogens is 247 g/mol. The third kappa shape index (κ3) is 3.04. The summed E-state index contributed by atoms with van der Waals surface area (Å²) in [7, 11) is 0. The summed E-state index contributed by atoms with van der Waals surface area (Å²) in [6.07, 6.45) is 0.807. The Morgan fingerprint density at radius 1 is 1.53 bits per heavy atom. The van der Waals surface area contributed by atoms with Crippen LogP contribution in [0.15, 0.2) is 18.2 Å². The predicted molar refractivity (Wildman–Crippen MR) is 71.3 cm³/mol. The molecule has 1 aromatic rings. The van der Waals surface area contributed by atoms with E-state index >= 15 is 0 Å². The number of amides is 1. The molecule has 1 aliphatic heterocycles. The first kappa shape index (κ1) is 13.8. The van der Waals surface area contributed by atoms with Gasteiger partial charge in [0, 0.05) is 17.8 Å². The van der Waals surface area contributed by atoms with Crippen molar-refractivity contribution in [3.8, 4) is 0 Å². The summed E-state index contributed by atoms with van der Waals surface area (Å²) in [4.78, 5) is 14.2. The van der Waals surface area contributed by atoms with Crippen molar-refractivity contribution in [1.82, 2.24) is 4.90 Å². The average Bonchev–Trinajstić information content (AvgIpc) is 2.36. The van der Waals surface area contributed by atoms with E-state index in [0.717, 1.165) is 6.42 Å². The van der Waals surface area contributed by atoms with Gasteiger partial charge >= 0.3 is 0 Å². The van der Waals surface area contributed by atoms with Crippen molar-refractivity contribution in [2.45, 2.75) is 32.4 Å². The normalized spacial score (nSPS) is 23.4. The van der Waals surface area contributed by atoms with E-state index in [1.165, 1.54) is 18.2 Å². The summed E-state index contributed by atoms with van der Waals surface area (Å²) in [5.74, 6) is -0.675. The highest BCUT2D eigenvalue weighted by Gasteiger charge is 2.30. The van der Waals surface area contributed by atoms with Crippen molar-refractivity contribution in [3.05, 3.63) is 29.6 Å². The molecule has 0 aliphatic carbocycles. The molecule has 1 saturated heterocycles. The third-order valence-corrected chi connectivity index (χ3v) is 3.37. The van der Waals surface area contributed by atoms with Crippen LogP contribution in [0, 0.1) is 5.82 Å². The number of morpholine rings is 1. The van der Waals surface area contributed by atoms with E-state index in [9.17, 15) is 9.18 Å². The van der Waals surface area contributed by atoms with Crippen LogP contribution in [0.1, 0.15) is 30.6 Å². The second-order valence-corrected chi connectivity index (χ2v) is 4.94. The zero-order valence-electron chi connectivity index (χ0n) is 11.2. The second-order valence-electron chi connectivity index (χ2n) is 4.94. The minimum atomic E-state index is -0.488. The van der Waals surface area contributed by atoms with E-state index in [2.05, 4.69) is 0 Å². The van der Waals surface area contributed by atoms with Crippen molar-refractivity contribution in [2.75, 3.05) is 18.9 Å². The minimum Gasteiger partial charge on any atom is -0.399 e. The first-order valence-corrected chi connectivity index (χ1v) is 6.50. The first-order valence-electron chi connectivity index (χ1n) is 6.50. The molecule has 19 heavy (non-hydrogen) atoms. The maximum atomic E-state index is 13.3. The molecule has 1 aromatic carbocycles. The van der Waals surface area contributed by atoms with Gasteiger partial charge in [0.05, 0.1) is 18.8 Å². The highest BCUT2D eigenvalue weighted by atomic mass is 19.1. The third-order valence-electron chi connectivity index (χ3n) is 3.37. The van der Waals surface area contributed by atoms with E-state index in [-0.39, 0.29) is 23.7 Å². The van der Waals surface area contributed by atoms with Gasteiger partial charge < -0.3 is 15.4 Å². The second kappa shape index (κ2) is 5.57. The topological polar surface area (TPSA) is 55.6 Å². The standard InChI is InChI=1S/C14H19FN2O2/c1-3-13-8-19-9(2)7-17(13)14(18)10-4-11(15)6-12(16)5-10/h4-6,9,13H,3,7-8,16H2,1-2H3. The Balaban J connectivity index is 2.25. The molecule has 5 heteroatoms. The lowest BCUT2D eigenvalue weighted by Crippen LogP contribution is -2.51. The fourth-order valence-electron chi connectivity index (χ4n) is 2.33. The van der Waals surface area contributed by atoms with Crippen molar-refractivity contribution in [3.63, 3.8) is 0 Å². The van der Waals surface area contributed by atoms with Crippen LogP contribution in [-0.4, -0.2) is 36.1 Å². The monoisotopic (exact) mass is 266 g/mol. The quantitative estimate of drug-likeness (QED) is 0.833. The molecule has 1 fully saturated rings. The highest BCUT2D eigenvalue weighted by molar-refractivity contribution is 5.95. The molecule has 0 aromatic heterocycles. The number of halogens is 1. The van der Waals surface area contributed by atoms with E-state index in [0.29, 0.717) is 18.7 Å². The van der Waals surface area contributed by atoms with E-state index in [4.69, 9.17) is 10.5 Å². The van der Waals surface area contributed by atoms with Crippen LogP contribution in [0.3, 0.4) is 0 Å². The Kier molecular flexibility index (Phi) is 4.04. The number of hydrogen-bond acceptors (Lipinski definition) is 3. The number of ether oxygens (including phenoxy) is 1. The number of nitrogens with zero attached hydrogens (tertiary/aromatic N) is 1. The summed E-state index contributed by atoms with van der Waals surface area (Å²) >= 11 is 0. The molecule has 0 spiro atoms. The molecule has 2 N–H and O–H groups in total. The van der Waals surface area contributed by atoms with Gasteiger partial charge in [-0.3, -0.25) is 4.79 Å². The molecule has 1 amide bonds. The van der Waals surface area contributed by atoms with Crippen molar-refractivity contribution < 1.29 is 13.9 Å². The number of benzene rings is 1. The fraction of sp³-hybridized carbons (Fsp3) is 0.500. The number of rotatable bonds is 2. The molecule has 2 rings (SSSR count). The number of anilines is 1. The predicted octanol–water partition coefficient (Wildman–Crippen LogP) is 2.05.